The molecular weight excluding hydrogens is 316 g/mol. The zero-order chi connectivity index (χ0) is 18.6. The molecule has 0 saturated carbocycles. The van der Waals surface area contributed by atoms with Crippen LogP contribution in [-0.2, 0) is 14.3 Å². The van der Waals surface area contributed by atoms with Gasteiger partial charge in [-0.2, -0.15) is 0 Å². The first-order valence-corrected chi connectivity index (χ1v) is 10.2. The highest BCUT2D eigenvalue weighted by molar-refractivity contribution is 5.90. The van der Waals surface area contributed by atoms with Gasteiger partial charge in [-0.05, 0) is 32.1 Å². The first kappa shape index (κ1) is 23.7. The summed E-state index contributed by atoms with van der Waals surface area (Å²) in [5, 5.41) is 8.42. The normalized spacial score (nSPS) is 11.1. The first-order chi connectivity index (χ1) is 12.2. The summed E-state index contributed by atoms with van der Waals surface area (Å²) in [7, 11) is 0. The molecule has 0 fully saturated rings. The molecule has 25 heavy (non-hydrogen) atoms. The average molecular weight is 355 g/mol. The van der Waals surface area contributed by atoms with Gasteiger partial charge >= 0.3 is 11.9 Å². The van der Waals surface area contributed by atoms with Crippen LogP contribution in [0.15, 0.2) is 12.2 Å². The van der Waals surface area contributed by atoms with Crippen molar-refractivity contribution in [2.45, 2.75) is 103 Å². The highest BCUT2D eigenvalue weighted by Crippen LogP contribution is 2.10. The lowest BCUT2D eigenvalue weighted by atomic mass is 10.1. The third kappa shape index (κ3) is 20.6. The molecule has 0 heterocycles. The van der Waals surface area contributed by atoms with Crippen molar-refractivity contribution in [1.29, 1.82) is 0 Å². The van der Waals surface area contributed by atoms with Crippen LogP contribution in [0.1, 0.15) is 103 Å². The second-order valence-corrected chi connectivity index (χ2v) is 6.73. The van der Waals surface area contributed by atoms with Crippen molar-refractivity contribution >= 4 is 11.9 Å². The highest BCUT2D eigenvalue weighted by Gasteiger charge is 2.07. The first-order valence-electron chi connectivity index (χ1n) is 10.2. The fourth-order valence-corrected chi connectivity index (χ4v) is 2.71. The Hall–Kier alpha value is -1.32. The molecule has 0 radical (unpaired) electrons. The standard InChI is InChI=1S/C21H38O4/c1-2-3-4-5-6-7-8-9-10-11-12-13-14-15-16-17-18-25-21(24)19-20(22)23/h9-10H,2-8,11-19H2,1H3,(H,22,23)/b10-9-. The number of carbonyl (C=O) groups excluding carboxylic acids is 1. The van der Waals surface area contributed by atoms with E-state index in [2.05, 4.69) is 19.1 Å². The van der Waals surface area contributed by atoms with E-state index >= 15 is 0 Å². The van der Waals surface area contributed by atoms with E-state index in [4.69, 9.17) is 9.84 Å². The van der Waals surface area contributed by atoms with Gasteiger partial charge in [-0.3, -0.25) is 9.59 Å². The minimum absolute atomic E-state index is 0.341. The molecule has 0 amide bonds. The Balaban J connectivity index is 3.17. The molecule has 0 aliphatic heterocycles. The van der Waals surface area contributed by atoms with Crippen LogP contribution in [0.5, 0.6) is 0 Å². The Kier molecular flexibility index (Phi) is 18.0. The number of rotatable bonds is 18. The molecule has 0 rings (SSSR count). The van der Waals surface area contributed by atoms with Crippen molar-refractivity contribution in [2.24, 2.45) is 0 Å². The number of unbranched alkanes of at least 4 members (excludes halogenated alkanes) is 12. The van der Waals surface area contributed by atoms with E-state index in [1.54, 1.807) is 0 Å². The SMILES string of the molecule is CCCCCCCC/C=C\CCCCCCCCOC(=O)CC(=O)O. The fraction of sp³-hybridized carbons (Fsp3) is 0.810. The van der Waals surface area contributed by atoms with Crippen LogP contribution in [-0.4, -0.2) is 23.7 Å². The number of carbonyl (C=O) groups is 2. The summed E-state index contributed by atoms with van der Waals surface area (Å²) < 4.78 is 4.84. The largest absolute Gasteiger partial charge is 0.481 e. The lowest BCUT2D eigenvalue weighted by molar-refractivity contribution is -0.151. The topological polar surface area (TPSA) is 63.6 Å². The summed E-state index contributed by atoms with van der Waals surface area (Å²) in [5.41, 5.74) is 0. The summed E-state index contributed by atoms with van der Waals surface area (Å²) in [4.78, 5) is 21.3. The maximum atomic E-state index is 11.0. The average Bonchev–Trinajstić information content (AvgIpc) is 2.57. The van der Waals surface area contributed by atoms with Crippen LogP contribution in [0, 0.1) is 0 Å². The molecule has 0 atom stereocenters. The number of carboxylic acid groups (broad SMARTS) is 1. The predicted molar refractivity (Wildman–Crippen MR) is 103 cm³/mol. The summed E-state index contributed by atoms with van der Waals surface area (Å²) >= 11 is 0. The molecular formula is C21H38O4. The molecule has 0 saturated heterocycles. The van der Waals surface area contributed by atoms with Gasteiger partial charge in [-0.15, -0.1) is 0 Å². The quantitative estimate of drug-likeness (QED) is 0.141. The Morgan fingerprint density at radius 2 is 1.24 bits per heavy atom. The zero-order valence-corrected chi connectivity index (χ0v) is 16.1. The molecule has 0 bridgehead atoms. The van der Waals surface area contributed by atoms with E-state index < -0.39 is 18.4 Å². The number of aliphatic carboxylic acids is 1. The van der Waals surface area contributed by atoms with Gasteiger partial charge in [0.2, 0.25) is 0 Å². The molecule has 0 aromatic carbocycles. The smallest absolute Gasteiger partial charge is 0.317 e. The van der Waals surface area contributed by atoms with Crippen LogP contribution in [0.3, 0.4) is 0 Å². The van der Waals surface area contributed by atoms with E-state index in [0.29, 0.717) is 6.61 Å². The molecule has 0 aromatic rings. The van der Waals surface area contributed by atoms with Gasteiger partial charge in [-0.25, -0.2) is 0 Å². The lowest BCUT2D eigenvalue weighted by Gasteiger charge is -2.03. The van der Waals surface area contributed by atoms with E-state index in [-0.39, 0.29) is 0 Å². The van der Waals surface area contributed by atoms with Crippen molar-refractivity contribution in [3.05, 3.63) is 12.2 Å². The van der Waals surface area contributed by atoms with E-state index in [1.807, 2.05) is 0 Å². The maximum Gasteiger partial charge on any atom is 0.317 e. The number of ether oxygens (including phenoxy) is 1. The Bertz CT molecular complexity index is 350. The minimum Gasteiger partial charge on any atom is -0.481 e. The van der Waals surface area contributed by atoms with Crippen molar-refractivity contribution in [3.8, 4) is 0 Å². The van der Waals surface area contributed by atoms with Crippen LogP contribution in [0.2, 0.25) is 0 Å². The van der Waals surface area contributed by atoms with Crippen molar-refractivity contribution < 1.29 is 19.4 Å². The molecule has 1 N–H and O–H groups in total. The van der Waals surface area contributed by atoms with Gasteiger partial charge in [-0.1, -0.05) is 76.9 Å². The number of allylic oxidation sites excluding steroid dienone is 2. The van der Waals surface area contributed by atoms with Gasteiger partial charge in [0.15, 0.2) is 0 Å². The molecule has 0 unspecified atom stereocenters. The Labute approximate surface area is 154 Å². The van der Waals surface area contributed by atoms with E-state index in [9.17, 15) is 9.59 Å². The number of esters is 1. The van der Waals surface area contributed by atoms with Gasteiger partial charge < -0.3 is 9.84 Å². The molecule has 146 valence electrons. The van der Waals surface area contributed by atoms with Crippen LogP contribution >= 0.6 is 0 Å². The monoisotopic (exact) mass is 354 g/mol. The molecule has 0 aromatic heterocycles. The van der Waals surface area contributed by atoms with Gasteiger partial charge in [0, 0.05) is 0 Å². The second-order valence-electron chi connectivity index (χ2n) is 6.73. The summed E-state index contributed by atoms with van der Waals surface area (Å²) in [6.45, 7) is 2.59. The molecule has 4 heteroatoms. The third-order valence-corrected chi connectivity index (χ3v) is 4.21. The lowest BCUT2D eigenvalue weighted by Crippen LogP contribution is -2.11. The maximum absolute atomic E-state index is 11.0. The van der Waals surface area contributed by atoms with Gasteiger partial charge in [0.25, 0.3) is 0 Å². The number of carboxylic acids is 1. The second kappa shape index (κ2) is 19.0. The minimum atomic E-state index is -1.13. The third-order valence-electron chi connectivity index (χ3n) is 4.21. The molecule has 0 spiro atoms. The van der Waals surface area contributed by atoms with Crippen LogP contribution < -0.4 is 0 Å². The van der Waals surface area contributed by atoms with Crippen molar-refractivity contribution in [3.63, 3.8) is 0 Å². The van der Waals surface area contributed by atoms with E-state index in [0.717, 1.165) is 19.3 Å². The molecule has 0 aliphatic rings. The van der Waals surface area contributed by atoms with E-state index in [1.165, 1.54) is 70.6 Å². The highest BCUT2D eigenvalue weighted by atomic mass is 16.5. The molecule has 0 aliphatic carbocycles. The summed E-state index contributed by atoms with van der Waals surface area (Å²) in [6, 6.07) is 0. The van der Waals surface area contributed by atoms with Crippen molar-refractivity contribution in [1.82, 2.24) is 0 Å². The van der Waals surface area contributed by atoms with Crippen molar-refractivity contribution in [2.75, 3.05) is 6.61 Å². The molecule has 4 nitrogen and oxygen atoms in total. The Morgan fingerprint density at radius 1 is 0.760 bits per heavy atom. The number of hydrogen-bond acceptors (Lipinski definition) is 3. The predicted octanol–water partition coefficient (Wildman–Crippen LogP) is 6.04. The summed E-state index contributed by atoms with van der Waals surface area (Å²) in [5.74, 6) is -1.77. The van der Waals surface area contributed by atoms with Crippen LogP contribution in [0.4, 0.5) is 0 Å². The number of hydrogen-bond donors (Lipinski definition) is 1. The van der Waals surface area contributed by atoms with Crippen LogP contribution in [0.25, 0.3) is 0 Å². The van der Waals surface area contributed by atoms with Gasteiger partial charge in [0.1, 0.15) is 6.42 Å². The fourth-order valence-electron chi connectivity index (χ4n) is 2.71. The van der Waals surface area contributed by atoms with Gasteiger partial charge in [0.05, 0.1) is 6.61 Å². The summed E-state index contributed by atoms with van der Waals surface area (Å²) in [6.07, 6.45) is 21.5. The Morgan fingerprint density at radius 3 is 1.76 bits per heavy atom. The zero-order valence-electron chi connectivity index (χ0n) is 16.1.